The molecule has 1 amide bonds. The van der Waals surface area contributed by atoms with Gasteiger partial charge in [-0.15, -0.1) is 0 Å². The third kappa shape index (κ3) is 8.03. The van der Waals surface area contributed by atoms with Crippen LogP contribution in [0.1, 0.15) is 37.3 Å². The fourth-order valence-corrected chi connectivity index (χ4v) is 3.19. The van der Waals surface area contributed by atoms with Gasteiger partial charge in [0.15, 0.2) is 28.8 Å². The van der Waals surface area contributed by atoms with Crippen molar-refractivity contribution in [3.05, 3.63) is 59.7 Å². The summed E-state index contributed by atoms with van der Waals surface area (Å²) < 4.78 is 10.1. The van der Waals surface area contributed by atoms with Crippen LogP contribution in [-0.2, 0) is 9.59 Å². The maximum absolute atomic E-state index is 12.6. The van der Waals surface area contributed by atoms with Crippen molar-refractivity contribution in [2.75, 3.05) is 27.3 Å². The molecule has 0 radical (unpaired) electrons. The van der Waals surface area contributed by atoms with E-state index < -0.39 is 0 Å². The minimum absolute atomic E-state index is 0.0388. The first-order valence-corrected chi connectivity index (χ1v) is 10.8. The van der Waals surface area contributed by atoms with Crippen molar-refractivity contribution in [3.63, 3.8) is 0 Å². The number of phenols is 2. The number of benzene rings is 2. The number of carbonyl (C=O) groups is 2. The maximum atomic E-state index is 12.6. The van der Waals surface area contributed by atoms with Crippen LogP contribution in [0, 0.1) is 0 Å². The van der Waals surface area contributed by atoms with Gasteiger partial charge in [-0.1, -0.05) is 25.1 Å². The molecular weight excluding hydrogens is 422 g/mol. The summed E-state index contributed by atoms with van der Waals surface area (Å²) in [6.45, 7) is 3.07. The van der Waals surface area contributed by atoms with Gasteiger partial charge in [0.1, 0.15) is 0 Å². The summed E-state index contributed by atoms with van der Waals surface area (Å²) in [5, 5.41) is 19.3. The monoisotopic (exact) mass is 453 g/mol. The van der Waals surface area contributed by atoms with E-state index in [0.717, 1.165) is 17.5 Å². The second-order valence-corrected chi connectivity index (χ2v) is 7.42. The van der Waals surface area contributed by atoms with Gasteiger partial charge in [0.05, 0.1) is 14.2 Å². The Morgan fingerprint density at radius 3 is 1.94 bits per heavy atom. The largest absolute Gasteiger partial charge is 0.504 e. The second kappa shape index (κ2) is 13.0. The van der Waals surface area contributed by atoms with Crippen molar-refractivity contribution in [2.24, 2.45) is 0 Å². The van der Waals surface area contributed by atoms with E-state index in [1.165, 1.54) is 38.5 Å². The molecule has 2 N–H and O–H groups in total. The summed E-state index contributed by atoms with van der Waals surface area (Å²) >= 11 is 0. The predicted molar refractivity (Wildman–Crippen MR) is 128 cm³/mol. The number of methoxy groups -OCH3 is 2. The summed E-state index contributed by atoms with van der Waals surface area (Å²) in [5.74, 6) is 0.585. The van der Waals surface area contributed by atoms with Gasteiger partial charge in [0, 0.05) is 25.6 Å². The highest BCUT2D eigenvalue weighted by molar-refractivity contribution is 5.94. The summed E-state index contributed by atoms with van der Waals surface area (Å²) in [7, 11) is 2.93. The number of allylic oxidation sites excluding steroid dienone is 1. The molecule has 0 bridgehead atoms. The highest BCUT2D eigenvalue weighted by Crippen LogP contribution is 2.27. The molecule has 0 aliphatic carbocycles. The Hall–Kier alpha value is -3.74. The lowest BCUT2D eigenvalue weighted by Gasteiger charge is -2.20. The van der Waals surface area contributed by atoms with Gasteiger partial charge in [-0.25, -0.2) is 0 Å². The van der Waals surface area contributed by atoms with Crippen LogP contribution in [0.2, 0.25) is 0 Å². The Bertz CT molecular complexity index is 1010. The van der Waals surface area contributed by atoms with E-state index >= 15 is 0 Å². The summed E-state index contributed by atoms with van der Waals surface area (Å²) in [4.78, 5) is 26.6. The minimum Gasteiger partial charge on any atom is -0.504 e. The van der Waals surface area contributed by atoms with E-state index in [-0.39, 0.29) is 23.2 Å². The standard InChI is InChI=1S/C26H31NO6/c1-4-15-27(26(31)14-10-20-9-13-23(30)25(18-20)33-3)16-5-6-21(28)11-7-19-8-12-22(29)24(17-19)32-2/h7-14,17-18,29-30H,4-6,15-16H2,1-3H3/b11-7+,14-10+. The smallest absolute Gasteiger partial charge is 0.246 e. The molecule has 0 aliphatic rings. The minimum atomic E-state index is -0.136. The quantitative estimate of drug-likeness (QED) is 0.462. The van der Waals surface area contributed by atoms with Crippen LogP contribution in [0.3, 0.4) is 0 Å². The van der Waals surface area contributed by atoms with E-state index in [4.69, 9.17) is 9.47 Å². The van der Waals surface area contributed by atoms with Crippen molar-refractivity contribution in [2.45, 2.75) is 26.2 Å². The van der Waals surface area contributed by atoms with E-state index in [0.29, 0.717) is 37.4 Å². The van der Waals surface area contributed by atoms with Crippen molar-refractivity contribution in [3.8, 4) is 23.0 Å². The number of hydrogen-bond donors (Lipinski definition) is 2. The van der Waals surface area contributed by atoms with Gasteiger partial charge in [-0.2, -0.15) is 0 Å². The molecule has 7 heteroatoms. The molecule has 2 aromatic carbocycles. The van der Waals surface area contributed by atoms with Gasteiger partial charge >= 0.3 is 0 Å². The number of rotatable bonds is 12. The second-order valence-electron chi connectivity index (χ2n) is 7.42. The van der Waals surface area contributed by atoms with Crippen molar-refractivity contribution in [1.29, 1.82) is 0 Å². The van der Waals surface area contributed by atoms with Crippen LogP contribution in [-0.4, -0.2) is 54.1 Å². The van der Waals surface area contributed by atoms with Crippen molar-refractivity contribution < 1.29 is 29.3 Å². The zero-order valence-electron chi connectivity index (χ0n) is 19.3. The molecule has 0 heterocycles. The number of hydrogen-bond acceptors (Lipinski definition) is 6. The summed E-state index contributed by atoms with van der Waals surface area (Å²) in [6, 6.07) is 9.72. The number of ketones is 1. The number of amides is 1. The van der Waals surface area contributed by atoms with Gasteiger partial charge in [-0.3, -0.25) is 9.59 Å². The molecule has 0 atom stereocenters. The molecule has 0 fully saturated rings. The third-order valence-corrected chi connectivity index (χ3v) is 4.94. The Labute approximate surface area is 194 Å². The topological polar surface area (TPSA) is 96.3 Å². The van der Waals surface area contributed by atoms with Crippen molar-refractivity contribution >= 4 is 23.8 Å². The van der Waals surface area contributed by atoms with E-state index in [1.807, 2.05) is 6.92 Å². The molecular formula is C26H31NO6. The van der Waals surface area contributed by atoms with Gasteiger partial charge < -0.3 is 24.6 Å². The maximum Gasteiger partial charge on any atom is 0.246 e. The van der Waals surface area contributed by atoms with Gasteiger partial charge in [0.2, 0.25) is 5.91 Å². The predicted octanol–water partition coefficient (Wildman–Crippen LogP) is 4.43. The number of phenolic OH excluding ortho intramolecular Hbond substituents is 2. The molecule has 0 unspecified atom stereocenters. The Balaban J connectivity index is 1.90. The molecule has 0 spiro atoms. The Morgan fingerprint density at radius 2 is 1.42 bits per heavy atom. The van der Waals surface area contributed by atoms with E-state index in [1.54, 1.807) is 41.3 Å². The van der Waals surface area contributed by atoms with Crippen LogP contribution in [0.5, 0.6) is 23.0 Å². The van der Waals surface area contributed by atoms with Crippen LogP contribution in [0.25, 0.3) is 12.2 Å². The summed E-state index contributed by atoms with van der Waals surface area (Å²) in [6.07, 6.45) is 8.01. The molecule has 0 aromatic heterocycles. The number of nitrogens with zero attached hydrogens (tertiary/aromatic N) is 1. The normalized spacial score (nSPS) is 11.1. The van der Waals surface area contributed by atoms with Gasteiger partial charge in [-0.05, 0) is 60.4 Å². The highest BCUT2D eigenvalue weighted by atomic mass is 16.5. The molecule has 2 rings (SSSR count). The van der Waals surface area contributed by atoms with E-state index in [2.05, 4.69) is 0 Å². The molecule has 0 saturated carbocycles. The molecule has 33 heavy (non-hydrogen) atoms. The molecule has 0 aliphatic heterocycles. The SMILES string of the molecule is CCCN(CCCC(=O)/C=C/c1ccc(O)c(OC)c1)C(=O)/C=C/c1ccc(O)c(OC)c1. The first-order chi connectivity index (χ1) is 15.9. The third-order valence-electron chi connectivity index (χ3n) is 4.94. The van der Waals surface area contributed by atoms with Crippen LogP contribution < -0.4 is 9.47 Å². The number of aromatic hydroxyl groups is 2. The van der Waals surface area contributed by atoms with Crippen LogP contribution in [0.15, 0.2) is 48.6 Å². The first-order valence-electron chi connectivity index (χ1n) is 10.8. The zero-order valence-corrected chi connectivity index (χ0v) is 19.3. The van der Waals surface area contributed by atoms with E-state index in [9.17, 15) is 19.8 Å². The number of carbonyl (C=O) groups excluding carboxylic acids is 2. The van der Waals surface area contributed by atoms with Crippen LogP contribution in [0.4, 0.5) is 0 Å². The lowest BCUT2D eigenvalue weighted by atomic mass is 10.1. The summed E-state index contributed by atoms with van der Waals surface area (Å²) in [5.41, 5.74) is 1.48. The number of ether oxygens (including phenoxy) is 2. The Kier molecular flexibility index (Phi) is 10.0. The highest BCUT2D eigenvalue weighted by Gasteiger charge is 2.10. The lowest BCUT2D eigenvalue weighted by molar-refractivity contribution is -0.126. The lowest BCUT2D eigenvalue weighted by Crippen LogP contribution is -2.31. The first kappa shape index (κ1) is 25.5. The average Bonchev–Trinajstić information content (AvgIpc) is 2.82. The molecule has 0 saturated heterocycles. The molecule has 7 nitrogen and oxygen atoms in total. The van der Waals surface area contributed by atoms with Crippen molar-refractivity contribution in [1.82, 2.24) is 4.90 Å². The molecule has 2 aromatic rings. The van der Waals surface area contributed by atoms with Crippen LogP contribution >= 0.6 is 0 Å². The Morgan fingerprint density at radius 1 is 0.879 bits per heavy atom. The zero-order chi connectivity index (χ0) is 24.2. The fourth-order valence-electron chi connectivity index (χ4n) is 3.19. The average molecular weight is 454 g/mol. The fraction of sp³-hybridized carbons (Fsp3) is 0.308. The molecule has 176 valence electrons. The van der Waals surface area contributed by atoms with Gasteiger partial charge in [0.25, 0.3) is 0 Å².